The molecule has 5 heteroatoms. The molecule has 2 rings (SSSR count). The normalized spacial score (nSPS) is 12.1. The molecular weight excluding hydrogens is 228 g/mol. The number of hydrogen-bond acceptors (Lipinski definition) is 5. The molecule has 94 valence electrons. The number of nitrogens with zero attached hydrogens (tertiary/aromatic N) is 2. The summed E-state index contributed by atoms with van der Waals surface area (Å²) in [5.41, 5.74) is 4.45. The molecule has 1 aromatic carbocycles. The number of ether oxygens (including phenoxy) is 1. The Kier molecular flexibility index (Phi) is 4.22. The number of nitrogens with one attached hydrogen (secondary N) is 1. The Labute approximate surface area is 106 Å². The van der Waals surface area contributed by atoms with E-state index in [9.17, 15) is 0 Å². The van der Waals surface area contributed by atoms with Gasteiger partial charge in [0.1, 0.15) is 5.75 Å². The Bertz CT molecular complexity index is 489. The van der Waals surface area contributed by atoms with Crippen molar-refractivity contribution in [1.29, 1.82) is 0 Å². The Hall–Kier alpha value is -1.98. The van der Waals surface area contributed by atoms with Crippen LogP contribution in [0.2, 0.25) is 0 Å². The summed E-state index contributed by atoms with van der Waals surface area (Å²) in [6.45, 7) is 2.55. The number of hydrazine groups is 1. The lowest BCUT2D eigenvalue weighted by Gasteiger charge is -2.18. The minimum Gasteiger partial charge on any atom is -0.494 e. The molecule has 0 amide bonds. The third-order valence-corrected chi connectivity index (χ3v) is 2.58. The van der Waals surface area contributed by atoms with Crippen LogP contribution in [0.1, 0.15) is 24.2 Å². The van der Waals surface area contributed by atoms with Gasteiger partial charge in [0.2, 0.25) is 0 Å². The Morgan fingerprint density at radius 3 is 2.83 bits per heavy atom. The number of hydrogen-bond donors (Lipinski definition) is 2. The SMILES string of the molecule is CCOc1ccccc1C(NN)c1cnccn1. The van der Waals surface area contributed by atoms with E-state index in [-0.39, 0.29) is 6.04 Å². The van der Waals surface area contributed by atoms with Crippen LogP contribution in [0.15, 0.2) is 42.9 Å². The lowest BCUT2D eigenvalue weighted by atomic mass is 10.0. The van der Waals surface area contributed by atoms with E-state index in [1.165, 1.54) is 0 Å². The second kappa shape index (κ2) is 6.09. The summed E-state index contributed by atoms with van der Waals surface area (Å²) >= 11 is 0. The van der Waals surface area contributed by atoms with E-state index in [0.717, 1.165) is 17.0 Å². The molecule has 1 atom stereocenters. The minimum absolute atomic E-state index is 0.235. The summed E-state index contributed by atoms with van der Waals surface area (Å²) < 4.78 is 5.60. The zero-order valence-electron chi connectivity index (χ0n) is 10.2. The first-order valence-electron chi connectivity index (χ1n) is 5.80. The maximum Gasteiger partial charge on any atom is 0.124 e. The fourth-order valence-electron chi connectivity index (χ4n) is 1.80. The van der Waals surface area contributed by atoms with Crippen LogP contribution in [0.25, 0.3) is 0 Å². The monoisotopic (exact) mass is 244 g/mol. The standard InChI is InChI=1S/C13H16N4O/c1-2-18-12-6-4-3-5-10(12)13(17-14)11-9-15-7-8-16-11/h3-9,13,17H,2,14H2,1H3. The molecule has 0 aliphatic carbocycles. The van der Waals surface area contributed by atoms with Crippen molar-refractivity contribution in [3.63, 3.8) is 0 Å². The van der Waals surface area contributed by atoms with Crippen LogP contribution in [0.3, 0.4) is 0 Å². The van der Waals surface area contributed by atoms with E-state index in [4.69, 9.17) is 10.6 Å². The highest BCUT2D eigenvalue weighted by Gasteiger charge is 2.17. The summed E-state index contributed by atoms with van der Waals surface area (Å²) in [6, 6.07) is 7.52. The van der Waals surface area contributed by atoms with Crippen LogP contribution in [0.4, 0.5) is 0 Å². The van der Waals surface area contributed by atoms with Crippen molar-refractivity contribution >= 4 is 0 Å². The van der Waals surface area contributed by atoms with Gasteiger partial charge in [0.05, 0.1) is 24.5 Å². The van der Waals surface area contributed by atoms with Crippen molar-refractivity contribution in [2.45, 2.75) is 13.0 Å². The predicted octanol–water partition coefficient (Wildman–Crippen LogP) is 1.43. The van der Waals surface area contributed by atoms with Crippen molar-refractivity contribution in [1.82, 2.24) is 15.4 Å². The fraction of sp³-hybridized carbons (Fsp3) is 0.231. The van der Waals surface area contributed by atoms with Gasteiger partial charge < -0.3 is 4.74 Å². The first kappa shape index (κ1) is 12.5. The first-order chi connectivity index (χ1) is 8.86. The second-order valence-corrected chi connectivity index (χ2v) is 3.70. The summed E-state index contributed by atoms with van der Waals surface area (Å²) in [6.07, 6.45) is 4.96. The van der Waals surface area contributed by atoms with Gasteiger partial charge in [-0.25, -0.2) is 5.43 Å². The Morgan fingerprint density at radius 2 is 2.17 bits per heavy atom. The van der Waals surface area contributed by atoms with Crippen LogP contribution in [0, 0.1) is 0 Å². The Balaban J connectivity index is 2.39. The third-order valence-electron chi connectivity index (χ3n) is 2.58. The van der Waals surface area contributed by atoms with Gasteiger partial charge in [0, 0.05) is 18.0 Å². The molecule has 0 bridgehead atoms. The molecule has 5 nitrogen and oxygen atoms in total. The molecule has 0 saturated heterocycles. The van der Waals surface area contributed by atoms with Crippen LogP contribution in [0.5, 0.6) is 5.75 Å². The van der Waals surface area contributed by atoms with Gasteiger partial charge in [-0.2, -0.15) is 0 Å². The maximum atomic E-state index is 5.63. The molecule has 0 fully saturated rings. The zero-order chi connectivity index (χ0) is 12.8. The van der Waals surface area contributed by atoms with E-state index in [2.05, 4.69) is 15.4 Å². The largest absolute Gasteiger partial charge is 0.494 e. The molecule has 18 heavy (non-hydrogen) atoms. The summed E-state index contributed by atoms with van der Waals surface area (Å²) in [7, 11) is 0. The molecule has 3 N–H and O–H groups in total. The number of benzene rings is 1. The van der Waals surface area contributed by atoms with E-state index in [1.54, 1.807) is 18.6 Å². The Morgan fingerprint density at radius 1 is 1.33 bits per heavy atom. The van der Waals surface area contributed by atoms with Crippen LogP contribution in [-0.4, -0.2) is 16.6 Å². The molecule has 1 heterocycles. The average molecular weight is 244 g/mol. The zero-order valence-corrected chi connectivity index (χ0v) is 10.2. The second-order valence-electron chi connectivity index (χ2n) is 3.70. The third kappa shape index (κ3) is 2.64. The molecule has 0 aliphatic heterocycles. The van der Waals surface area contributed by atoms with Crippen molar-refractivity contribution in [3.8, 4) is 5.75 Å². The number of aromatic nitrogens is 2. The average Bonchev–Trinajstić information content (AvgIpc) is 2.43. The minimum atomic E-state index is -0.235. The predicted molar refractivity (Wildman–Crippen MR) is 68.8 cm³/mol. The molecule has 0 aliphatic rings. The van der Waals surface area contributed by atoms with Crippen LogP contribution in [-0.2, 0) is 0 Å². The quantitative estimate of drug-likeness (QED) is 0.615. The maximum absolute atomic E-state index is 5.63. The molecule has 1 aromatic heterocycles. The number of nitrogens with two attached hydrogens (primary N) is 1. The van der Waals surface area contributed by atoms with E-state index < -0.39 is 0 Å². The first-order valence-corrected chi connectivity index (χ1v) is 5.80. The summed E-state index contributed by atoms with van der Waals surface area (Å²) in [5.74, 6) is 6.43. The highest BCUT2D eigenvalue weighted by molar-refractivity contribution is 5.39. The van der Waals surface area contributed by atoms with Crippen molar-refractivity contribution < 1.29 is 4.74 Å². The number of para-hydroxylation sites is 1. The van der Waals surface area contributed by atoms with Crippen molar-refractivity contribution in [3.05, 3.63) is 54.1 Å². The van der Waals surface area contributed by atoms with E-state index >= 15 is 0 Å². The molecule has 0 saturated carbocycles. The molecule has 0 spiro atoms. The highest BCUT2D eigenvalue weighted by Crippen LogP contribution is 2.28. The highest BCUT2D eigenvalue weighted by atomic mass is 16.5. The van der Waals surface area contributed by atoms with Gasteiger partial charge >= 0.3 is 0 Å². The molecule has 1 unspecified atom stereocenters. The lowest BCUT2D eigenvalue weighted by molar-refractivity contribution is 0.333. The van der Waals surface area contributed by atoms with Gasteiger partial charge in [0.15, 0.2) is 0 Å². The summed E-state index contributed by atoms with van der Waals surface area (Å²) in [5, 5.41) is 0. The van der Waals surface area contributed by atoms with Gasteiger partial charge in [-0.1, -0.05) is 18.2 Å². The fourth-order valence-corrected chi connectivity index (χ4v) is 1.80. The number of rotatable bonds is 5. The van der Waals surface area contributed by atoms with Gasteiger partial charge in [-0.3, -0.25) is 15.8 Å². The van der Waals surface area contributed by atoms with Gasteiger partial charge in [0.25, 0.3) is 0 Å². The van der Waals surface area contributed by atoms with Crippen molar-refractivity contribution in [2.24, 2.45) is 5.84 Å². The lowest BCUT2D eigenvalue weighted by Crippen LogP contribution is -2.30. The molecular formula is C13H16N4O. The summed E-state index contributed by atoms with van der Waals surface area (Å²) in [4.78, 5) is 8.32. The molecule has 0 radical (unpaired) electrons. The van der Waals surface area contributed by atoms with Gasteiger partial charge in [-0.05, 0) is 13.0 Å². The van der Waals surface area contributed by atoms with E-state index in [0.29, 0.717) is 6.61 Å². The van der Waals surface area contributed by atoms with Crippen LogP contribution < -0.4 is 16.0 Å². The smallest absolute Gasteiger partial charge is 0.124 e. The van der Waals surface area contributed by atoms with E-state index in [1.807, 2.05) is 31.2 Å². The topological polar surface area (TPSA) is 73.1 Å². The van der Waals surface area contributed by atoms with Crippen LogP contribution >= 0.6 is 0 Å². The molecule has 2 aromatic rings. The van der Waals surface area contributed by atoms with Gasteiger partial charge in [-0.15, -0.1) is 0 Å². The van der Waals surface area contributed by atoms with Crippen molar-refractivity contribution in [2.75, 3.05) is 6.61 Å².